The summed E-state index contributed by atoms with van der Waals surface area (Å²) < 4.78 is 41.1. The van der Waals surface area contributed by atoms with Crippen molar-refractivity contribution in [3.63, 3.8) is 0 Å². The molecule has 10 heteroatoms. The molecule has 2 aromatic heterocycles. The number of aryl methyl sites for hydroxylation is 2. The molecule has 0 N–H and O–H groups in total. The Kier molecular flexibility index (Phi) is 7.22. The van der Waals surface area contributed by atoms with Gasteiger partial charge in [-0.25, -0.2) is 13.8 Å². The van der Waals surface area contributed by atoms with Crippen LogP contribution in [0.3, 0.4) is 0 Å². The predicted octanol–water partition coefficient (Wildman–Crippen LogP) is 5.65. The van der Waals surface area contributed by atoms with Crippen molar-refractivity contribution in [2.75, 3.05) is 5.88 Å². The van der Waals surface area contributed by atoms with Crippen molar-refractivity contribution >= 4 is 28.9 Å². The molecule has 178 valence electrons. The average Bonchev–Trinajstić information content (AvgIpc) is 3.38. The molecular formula is C24H23ClF2N4O3. The molecule has 0 bridgehead atoms. The van der Waals surface area contributed by atoms with Gasteiger partial charge < -0.3 is 9.15 Å². The van der Waals surface area contributed by atoms with E-state index in [0.29, 0.717) is 23.5 Å². The molecule has 0 amide bonds. The Labute approximate surface area is 200 Å². The number of rotatable bonds is 7. The number of hydrogen-bond acceptors (Lipinski definition) is 6. The summed E-state index contributed by atoms with van der Waals surface area (Å²) in [5.74, 6) is -2.90. The summed E-state index contributed by atoms with van der Waals surface area (Å²) in [6.45, 7) is 9.05. The Hall–Kier alpha value is -3.51. The number of carbonyl (C=O) groups excluding carboxylic acids is 1. The van der Waals surface area contributed by atoms with E-state index in [-0.39, 0.29) is 28.8 Å². The molecule has 3 aromatic rings. The van der Waals surface area contributed by atoms with Crippen LogP contribution in [-0.2, 0) is 16.1 Å². The molecule has 7 nitrogen and oxygen atoms in total. The topological polar surface area (TPSA) is 93.9 Å². The van der Waals surface area contributed by atoms with E-state index in [2.05, 4.69) is 10.1 Å². The maximum absolute atomic E-state index is 14.2. The molecular weight excluding hydrogens is 466 g/mol. The van der Waals surface area contributed by atoms with Crippen molar-refractivity contribution in [1.82, 2.24) is 14.8 Å². The second kappa shape index (κ2) is 9.77. The van der Waals surface area contributed by atoms with E-state index in [1.54, 1.807) is 32.4 Å². The SMILES string of the molecule is CCn1nc(C)c(C)c1/C(OC(=O)C(C)(C)CCl)=C(\C#N)c1coc(-c2c(F)cccc2F)n1. The molecule has 0 radical (unpaired) electrons. The number of esters is 1. The highest BCUT2D eigenvalue weighted by Crippen LogP contribution is 2.34. The molecule has 0 unspecified atom stereocenters. The molecule has 0 spiro atoms. The van der Waals surface area contributed by atoms with Crippen molar-refractivity contribution < 1.29 is 22.7 Å². The van der Waals surface area contributed by atoms with Crippen LogP contribution in [0.1, 0.15) is 43.4 Å². The van der Waals surface area contributed by atoms with Crippen LogP contribution >= 0.6 is 11.6 Å². The normalized spacial score (nSPS) is 12.3. The molecule has 0 aliphatic heterocycles. The standard InChI is InChI=1S/C24H23ClF2N4O3/c1-6-31-20(13(2)14(3)30-31)21(34-23(32)24(4,5)12-25)15(10-28)18-11-33-22(29-18)19-16(26)8-7-9-17(19)27/h7-9,11H,6,12H2,1-5H3/b21-15-. The number of allylic oxidation sites excluding steroid dienone is 1. The Morgan fingerprint density at radius 2 is 1.94 bits per heavy atom. The fraction of sp³-hybridized carbons (Fsp3) is 0.333. The summed E-state index contributed by atoms with van der Waals surface area (Å²) >= 11 is 5.94. The fourth-order valence-corrected chi connectivity index (χ4v) is 3.23. The average molecular weight is 489 g/mol. The molecule has 0 aliphatic rings. The number of carbonyl (C=O) groups is 1. The lowest BCUT2D eigenvalue weighted by Crippen LogP contribution is -2.28. The zero-order chi connectivity index (χ0) is 25.2. The van der Waals surface area contributed by atoms with Crippen molar-refractivity contribution in [2.24, 2.45) is 5.41 Å². The molecule has 1 aromatic carbocycles. The first-order valence-corrected chi connectivity index (χ1v) is 11.0. The molecule has 3 rings (SSSR count). The van der Waals surface area contributed by atoms with Crippen LogP contribution in [0.15, 0.2) is 28.9 Å². The van der Waals surface area contributed by atoms with Crippen LogP contribution in [0.5, 0.6) is 0 Å². The van der Waals surface area contributed by atoms with Gasteiger partial charge in [0.05, 0.1) is 11.1 Å². The summed E-state index contributed by atoms with van der Waals surface area (Å²) in [6, 6.07) is 5.34. The predicted molar refractivity (Wildman–Crippen MR) is 122 cm³/mol. The van der Waals surface area contributed by atoms with Crippen molar-refractivity contribution in [2.45, 2.75) is 41.2 Å². The molecule has 0 saturated heterocycles. The quantitative estimate of drug-likeness (QED) is 0.184. The molecule has 34 heavy (non-hydrogen) atoms. The minimum absolute atomic E-state index is 0.0211. The summed E-state index contributed by atoms with van der Waals surface area (Å²) in [5.41, 5.74) is 0.00293. The van der Waals surface area contributed by atoms with E-state index in [0.717, 1.165) is 18.4 Å². The summed E-state index contributed by atoms with van der Waals surface area (Å²) in [4.78, 5) is 17.1. The number of ether oxygens (including phenoxy) is 1. The highest BCUT2D eigenvalue weighted by molar-refractivity contribution is 6.19. The maximum Gasteiger partial charge on any atom is 0.318 e. The Balaban J connectivity index is 2.26. The third-order valence-electron chi connectivity index (χ3n) is 5.30. The van der Waals surface area contributed by atoms with Gasteiger partial charge in [0.2, 0.25) is 5.89 Å². The van der Waals surface area contributed by atoms with Crippen LogP contribution < -0.4 is 0 Å². The molecule has 2 heterocycles. The lowest BCUT2D eigenvalue weighted by Gasteiger charge is -2.21. The number of nitriles is 1. The van der Waals surface area contributed by atoms with Crippen molar-refractivity contribution in [3.05, 3.63) is 58.7 Å². The number of nitrogens with zero attached hydrogens (tertiary/aromatic N) is 4. The summed E-state index contributed by atoms with van der Waals surface area (Å²) in [6.07, 6.45) is 1.08. The highest BCUT2D eigenvalue weighted by atomic mass is 35.5. The zero-order valence-electron chi connectivity index (χ0n) is 19.4. The van der Waals surface area contributed by atoms with Crippen molar-refractivity contribution in [1.29, 1.82) is 5.26 Å². The van der Waals surface area contributed by atoms with Gasteiger partial charge in [0, 0.05) is 18.0 Å². The van der Waals surface area contributed by atoms with E-state index in [9.17, 15) is 18.8 Å². The summed E-state index contributed by atoms with van der Waals surface area (Å²) in [7, 11) is 0. The van der Waals surface area contributed by atoms with Gasteiger partial charge in [0.1, 0.15) is 46.5 Å². The second-order valence-corrected chi connectivity index (χ2v) is 8.50. The minimum Gasteiger partial charge on any atom is -0.444 e. The van der Waals surface area contributed by atoms with Crippen LogP contribution in [0, 0.1) is 42.2 Å². The van der Waals surface area contributed by atoms with Crippen LogP contribution in [0.25, 0.3) is 22.8 Å². The smallest absolute Gasteiger partial charge is 0.318 e. The van der Waals surface area contributed by atoms with Crippen LogP contribution in [0.4, 0.5) is 8.78 Å². The monoisotopic (exact) mass is 488 g/mol. The molecule has 0 aliphatic carbocycles. The Bertz CT molecular complexity index is 1300. The van der Waals surface area contributed by atoms with Gasteiger partial charge in [0.15, 0.2) is 5.76 Å². The van der Waals surface area contributed by atoms with E-state index >= 15 is 0 Å². The van der Waals surface area contributed by atoms with E-state index in [4.69, 9.17) is 20.8 Å². The van der Waals surface area contributed by atoms with Gasteiger partial charge >= 0.3 is 5.97 Å². The van der Waals surface area contributed by atoms with Crippen molar-refractivity contribution in [3.8, 4) is 17.5 Å². The van der Waals surface area contributed by atoms with Gasteiger partial charge in [-0.1, -0.05) is 6.07 Å². The van der Waals surface area contributed by atoms with Gasteiger partial charge in [-0.2, -0.15) is 10.4 Å². The zero-order valence-corrected chi connectivity index (χ0v) is 20.1. The van der Waals surface area contributed by atoms with E-state index in [1.165, 1.54) is 6.07 Å². The third-order valence-corrected chi connectivity index (χ3v) is 5.97. The van der Waals surface area contributed by atoms with Gasteiger partial charge in [-0.15, -0.1) is 11.6 Å². The van der Waals surface area contributed by atoms with Crippen LogP contribution in [0.2, 0.25) is 0 Å². The van der Waals surface area contributed by atoms with Gasteiger partial charge in [-0.05, 0) is 46.8 Å². The molecule has 0 saturated carbocycles. The minimum atomic E-state index is -1.06. The van der Waals surface area contributed by atoms with Crippen LogP contribution in [-0.4, -0.2) is 26.6 Å². The number of halogens is 3. The maximum atomic E-state index is 14.2. The van der Waals surface area contributed by atoms with E-state index < -0.39 is 28.6 Å². The largest absolute Gasteiger partial charge is 0.444 e. The first-order chi connectivity index (χ1) is 16.0. The lowest BCUT2D eigenvalue weighted by molar-refractivity contribution is -0.145. The van der Waals surface area contributed by atoms with Gasteiger partial charge in [-0.3, -0.25) is 9.48 Å². The number of aromatic nitrogens is 3. The Morgan fingerprint density at radius 1 is 1.29 bits per heavy atom. The summed E-state index contributed by atoms with van der Waals surface area (Å²) in [5, 5.41) is 14.5. The van der Waals surface area contributed by atoms with E-state index in [1.807, 2.05) is 13.0 Å². The molecule has 0 fully saturated rings. The number of benzene rings is 1. The lowest BCUT2D eigenvalue weighted by atomic mass is 9.97. The Morgan fingerprint density at radius 3 is 2.50 bits per heavy atom. The number of alkyl halides is 1. The first kappa shape index (κ1) is 25.1. The third kappa shape index (κ3) is 4.59. The fourth-order valence-electron chi connectivity index (χ4n) is 3.12. The number of hydrogen-bond donors (Lipinski definition) is 0. The first-order valence-electron chi connectivity index (χ1n) is 10.4. The second-order valence-electron chi connectivity index (χ2n) is 8.23. The molecule has 0 atom stereocenters. The van der Waals surface area contributed by atoms with Gasteiger partial charge in [0.25, 0.3) is 0 Å². The highest BCUT2D eigenvalue weighted by Gasteiger charge is 2.33. The number of oxazole rings is 1.